The smallest absolute Gasteiger partial charge is 0.340 e. The quantitative estimate of drug-likeness (QED) is 0.584. The van der Waals surface area contributed by atoms with E-state index in [1.54, 1.807) is 20.8 Å². The summed E-state index contributed by atoms with van der Waals surface area (Å²) in [6.07, 6.45) is 0. The number of hydrogen-bond donors (Lipinski definition) is 1. The van der Waals surface area contributed by atoms with E-state index in [0.29, 0.717) is 12.1 Å². The second-order valence-electron chi connectivity index (χ2n) is 5.45. The highest BCUT2D eigenvalue weighted by Crippen LogP contribution is 2.20. The molecule has 25 heavy (non-hydrogen) atoms. The van der Waals surface area contributed by atoms with Gasteiger partial charge in [0.1, 0.15) is 0 Å². The van der Waals surface area contributed by atoms with Crippen molar-refractivity contribution in [3.8, 4) is 0 Å². The largest absolute Gasteiger partial charge is 0.452 e. The molecule has 1 aromatic carbocycles. The van der Waals surface area contributed by atoms with E-state index >= 15 is 0 Å². The van der Waals surface area contributed by atoms with Gasteiger partial charge in [-0.3, -0.25) is 9.59 Å². The summed E-state index contributed by atoms with van der Waals surface area (Å²) in [5, 5.41) is 2.30. The van der Waals surface area contributed by atoms with Crippen molar-refractivity contribution in [3.05, 3.63) is 34.4 Å². The normalized spacial score (nSPS) is 10.5. The van der Waals surface area contributed by atoms with Crippen LogP contribution in [0.1, 0.15) is 31.1 Å². The maximum absolute atomic E-state index is 13.2. The van der Waals surface area contributed by atoms with Gasteiger partial charge in [0.2, 0.25) is 5.91 Å². The van der Waals surface area contributed by atoms with Crippen LogP contribution in [0, 0.1) is 11.6 Å². The standard InChI is InChI=1S/C16H19ClF2N2O4/c1-4-21(7-14(22)20-9(2)3)15(23)8-25-16(24)10-5-12(18)13(19)6-11(10)17/h5-6,9H,4,7-8H2,1-3H3,(H,20,22). The minimum absolute atomic E-state index is 0.0744. The first-order valence-corrected chi connectivity index (χ1v) is 7.92. The number of likely N-dealkylation sites (N-methyl/N-ethyl adjacent to an activating group) is 1. The van der Waals surface area contributed by atoms with E-state index in [-0.39, 0.29) is 30.1 Å². The molecule has 0 aliphatic rings. The molecule has 0 aliphatic heterocycles. The van der Waals surface area contributed by atoms with Gasteiger partial charge in [0.05, 0.1) is 17.1 Å². The van der Waals surface area contributed by atoms with E-state index in [4.69, 9.17) is 16.3 Å². The molecule has 2 amide bonds. The summed E-state index contributed by atoms with van der Waals surface area (Å²) in [5.41, 5.74) is -0.394. The number of carbonyl (C=O) groups is 3. The molecule has 1 N–H and O–H groups in total. The summed E-state index contributed by atoms with van der Waals surface area (Å²) in [5.74, 6) is -4.48. The van der Waals surface area contributed by atoms with Crippen LogP contribution < -0.4 is 5.32 Å². The highest BCUT2D eigenvalue weighted by atomic mass is 35.5. The summed E-state index contributed by atoms with van der Waals surface area (Å²) in [6.45, 7) is 4.61. The highest BCUT2D eigenvalue weighted by Gasteiger charge is 2.20. The number of halogens is 3. The van der Waals surface area contributed by atoms with Gasteiger partial charge in [-0.25, -0.2) is 13.6 Å². The van der Waals surface area contributed by atoms with Crippen molar-refractivity contribution in [2.24, 2.45) is 0 Å². The third-order valence-corrected chi connectivity index (χ3v) is 3.39. The molecule has 1 rings (SSSR count). The Morgan fingerprint density at radius 1 is 1.24 bits per heavy atom. The number of nitrogens with zero attached hydrogens (tertiary/aromatic N) is 1. The Morgan fingerprint density at radius 3 is 2.40 bits per heavy atom. The number of ether oxygens (including phenoxy) is 1. The average molecular weight is 377 g/mol. The maximum atomic E-state index is 13.2. The first-order valence-electron chi connectivity index (χ1n) is 7.54. The zero-order valence-electron chi connectivity index (χ0n) is 14.1. The minimum Gasteiger partial charge on any atom is -0.452 e. The molecule has 0 bridgehead atoms. The van der Waals surface area contributed by atoms with E-state index in [2.05, 4.69) is 5.32 Å². The fourth-order valence-electron chi connectivity index (χ4n) is 1.89. The van der Waals surface area contributed by atoms with Gasteiger partial charge in [-0.15, -0.1) is 0 Å². The van der Waals surface area contributed by atoms with Gasteiger partial charge in [0.15, 0.2) is 18.2 Å². The molecule has 0 radical (unpaired) electrons. The Balaban J connectivity index is 2.66. The van der Waals surface area contributed by atoms with Crippen LogP contribution in [0.2, 0.25) is 5.02 Å². The number of nitrogens with one attached hydrogen (secondary N) is 1. The lowest BCUT2D eigenvalue weighted by molar-refractivity contribution is -0.138. The molecule has 0 atom stereocenters. The molecule has 0 heterocycles. The first kappa shape index (κ1) is 20.8. The van der Waals surface area contributed by atoms with Gasteiger partial charge in [0.25, 0.3) is 5.91 Å². The number of esters is 1. The third kappa shape index (κ3) is 6.30. The molecule has 1 aromatic rings. The van der Waals surface area contributed by atoms with E-state index in [9.17, 15) is 23.2 Å². The van der Waals surface area contributed by atoms with Gasteiger partial charge in [-0.1, -0.05) is 11.6 Å². The molecular weight excluding hydrogens is 358 g/mol. The van der Waals surface area contributed by atoms with Gasteiger partial charge in [0, 0.05) is 12.6 Å². The summed E-state index contributed by atoms with van der Waals surface area (Å²) in [6, 6.07) is 1.16. The van der Waals surface area contributed by atoms with E-state index < -0.39 is 35.7 Å². The van der Waals surface area contributed by atoms with Crippen LogP contribution in [0.3, 0.4) is 0 Å². The molecule has 0 spiro atoms. The molecule has 6 nitrogen and oxygen atoms in total. The molecule has 0 fully saturated rings. The van der Waals surface area contributed by atoms with Crippen LogP contribution in [0.5, 0.6) is 0 Å². The maximum Gasteiger partial charge on any atom is 0.340 e. The Labute approximate surface area is 149 Å². The molecule has 138 valence electrons. The molecule has 9 heteroatoms. The van der Waals surface area contributed by atoms with Gasteiger partial charge >= 0.3 is 5.97 Å². The monoisotopic (exact) mass is 376 g/mol. The second-order valence-corrected chi connectivity index (χ2v) is 5.86. The van der Waals surface area contributed by atoms with E-state index in [1.165, 1.54) is 4.90 Å². The Morgan fingerprint density at radius 2 is 1.84 bits per heavy atom. The van der Waals surface area contributed by atoms with E-state index in [0.717, 1.165) is 0 Å². The Kier molecular flexibility index (Phi) is 7.76. The van der Waals surface area contributed by atoms with Crippen LogP contribution in [-0.4, -0.2) is 48.4 Å². The number of benzene rings is 1. The van der Waals surface area contributed by atoms with Crippen molar-refractivity contribution in [1.29, 1.82) is 0 Å². The predicted octanol–water partition coefficient (Wildman–Crippen LogP) is 2.15. The van der Waals surface area contributed by atoms with E-state index in [1.807, 2.05) is 0 Å². The first-order chi connectivity index (χ1) is 11.6. The predicted molar refractivity (Wildman–Crippen MR) is 87.2 cm³/mol. The Hall–Kier alpha value is -2.22. The SMILES string of the molecule is CCN(CC(=O)NC(C)C)C(=O)COC(=O)c1cc(F)c(F)cc1Cl. The zero-order valence-corrected chi connectivity index (χ0v) is 14.8. The average Bonchev–Trinajstić information content (AvgIpc) is 2.52. The van der Waals surface area contributed by atoms with Crippen LogP contribution in [0.4, 0.5) is 8.78 Å². The molecule has 0 aromatic heterocycles. The fourth-order valence-corrected chi connectivity index (χ4v) is 2.12. The van der Waals surface area contributed by atoms with Crippen molar-refractivity contribution in [2.75, 3.05) is 19.7 Å². The van der Waals surface area contributed by atoms with Gasteiger partial charge in [-0.2, -0.15) is 0 Å². The minimum atomic E-state index is -1.26. The molecular formula is C16H19ClF2N2O4. The van der Waals surface area contributed by atoms with Crippen molar-refractivity contribution in [2.45, 2.75) is 26.8 Å². The van der Waals surface area contributed by atoms with Crippen LogP contribution in [0.15, 0.2) is 12.1 Å². The number of amides is 2. The summed E-state index contributed by atoms with van der Waals surface area (Å²) in [4.78, 5) is 36.8. The van der Waals surface area contributed by atoms with Crippen molar-refractivity contribution in [3.63, 3.8) is 0 Å². The van der Waals surface area contributed by atoms with Crippen molar-refractivity contribution in [1.82, 2.24) is 10.2 Å². The van der Waals surface area contributed by atoms with Gasteiger partial charge < -0.3 is 15.0 Å². The lowest BCUT2D eigenvalue weighted by Crippen LogP contribution is -2.44. The molecule has 0 aliphatic carbocycles. The van der Waals surface area contributed by atoms with Crippen LogP contribution in [-0.2, 0) is 14.3 Å². The number of carbonyl (C=O) groups excluding carboxylic acids is 3. The Bertz CT molecular complexity index is 668. The zero-order chi connectivity index (χ0) is 19.1. The third-order valence-electron chi connectivity index (χ3n) is 3.08. The summed E-state index contributed by atoms with van der Waals surface area (Å²) >= 11 is 5.66. The number of hydrogen-bond acceptors (Lipinski definition) is 4. The van der Waals surface area contributed by atoms with Crippen LogP contribution in [0.25, 0.3) is 0 Å². The second kappa shape index (κ2) is 9.31. The summed E-state index contributed by atoms with van der Waals surface area (Å²) in [7, 11) is 0. The molecule has 0 saturated carbocycles. The van der Waals surface area contributed by atoms with Crippen LogP contribution >= 0.6 is 11.6 Å². The lowest BCUT2D eigenvalue weighted by atomic mass is 10.2. The molecule has 0 saturated heterocycles. The fraction of sp³-hybridized carbons (Fsp3) is 0.438. The number of rotatable bonds is 7. The molecule has 0 unspecified atom stereocenters. The van der Waals surface area contributed by atoms with Gasteiger partial charge in [-0.05, 0) is 32.9 Å². The lowest BCUT2D eigenvalue weighted by Gasteiger charge is -2.21. The van der Waals surface area contributed by atoms with Crippen molar-refractivity contribution >= 4 is 29.4 Å². The van der Waals surface area contributed by atoms with Crippen molar-refractivity contribution < 1.29 is 27.9 Å². The highest BCUT2D eigenvalue weighted by molar-refractivity contribution is 6.33. The topological polar surface area (TPSA) is 75.7 Å². The summed E-state index contributed by atoms with van der Waals surface area (Å²) < 4.78 is 31.0.